The smallest absolute Gasteiger partial charge is 0.343 e. The van der Waals surface area contributed by atoms with Gasteiger partial charge in [-0.25, -0.2) is 4.79 Å². The van der Waals surface area contributed by atoms with Gasteiger partial charge in [0.2, 0.25) is 5.78 Å². The van der Waals surface area contributed by atoms with E-state index >= 15 is 0 Å². The summed E-state index contributed by atoms with van der Waals surface area (Å²) in [6.45, 7) is 0. The average Bonchev–Trinajstić information content (AvgIpc) is 3.34. The fraction of sp³-hybridized carbons (Fsp3) is 0.111. The first kappa shape index (κ1) is 21.3. The van der Waals surface area contributed by atoms with Crippen molar-refractivity contribution in [2.75, 3.05) is 14.2 Å². The van der Waals surface area contributed by atoms with E-state index in [1.54, 1.807) is 36.4 Å². The van der Waals surface area contributed by atoms with E-state index in [9.17, 15) is 9.59 Å². The van der Waals surface area contributed by atoms with Crippen molar-refractivity contribution in [3.63, 3.8) is 0 Å². The molecule has 7 heteroatoms. The Morgan fingerprint density at radius 1 is 0.941 bits per heavy atom. The summed E-state index contributed by atoms with van der Waals surface area (Å²) < 4.78 is 23.8. The van der Waals surface area contributed by atoms with Crippen LogP contribution in [-0.4, -0.2) is 30.5 Å². The Balaban J connectivity index is 1.40. The molecule has 4 aromatic rings. The maximum atomic E-state index is 12.9. The zero-order chi connectivity index (χ0) is 23.8. The van der Waals surface area contributed by atoms with Crippen molar-refractivity contribution in [3.05, 3.63) is 89.3 Å². The van der Waals surface area contributed by atoms with Gasteiger partial charge in [-0.3, -0.25) is 4.79 Å². The van der Waals surface area contributed by atoms with Crippen LogP contribution < -0.4 is 18.9 Å². The van der Waals surface area contributed by atoms with Crippen molar-refractivity contribution in [2.45, 2.75) is 0 Å². The van der Waals surface area contributed by atoms with Gasteiger partial charge in [0, 0.05) is 41.8 Å². The number of aromatic nitrogens is 1. The molecule has 3 aromatic carbocycles. The Hall–Kier alpha value is -4.52. The summed E-state index contributed by atoms with van der Waals surface area (Å²) in [4.78, 5) is 25.6. The summed E-state index contributed by atoms with van der Waals surface area (Å²) in [5.41, 5.74) is 2.62. The fourth-order valence-electron chi connectivity index (χ4n) is 3.95. The molecule has 0 atom stereocenters. The van der Waals surface area contributed by atoms with Gasteiger partial charge in [0.15, 0.2) is 5.76 Å². The second-order valence-corrected chi connectivity index (χ2v) is 7.80. The summed E-state index contributed by atoms with van der Waals surface area (Å²) in [7, 11) is 4.96. The molecule has 170 valence electrons. The normalized spacial score (nSPS) is 13.6. The highest BCUT2D eigenvalue weighted by molar-refractivity contribution is 6.15. The molecule has 0 aliphatic carbocycles. The number of esters is 1. The fourth-order valence-corrected chi connectivity index (χ4v) is 3.95. The van der Waals surface area contributed by atoms with Crippen LogP contribution in [0, 0.1) is 0 Å². The Kier molecular flexibility index (Phi) is 5.30. The Morgan fingerprint density at radius 3 is 2.41 bits per heavy atom. The third-order valence-electron chi connectivity index (χ3n) is 5.65. The standard InChI is InChI=1S/C27H21NO6/c1-28-15-17(21-6-4-5-7-23(21)28)12-25-26(29)22-9-8-18(14-24(22)34-25)33-27(30)16-10-19(31-2)13-20(11-16)32-3/h4-15H,1-3H3. The number of allylic oxidation sites excluding steroid dienone is 1. The van der Waals surface area contributed by atoms with Gasteiger partial charge in [-0.2, -0.15) is 0 Å². The number of nitrogens with zero attached hydrogens (tertiary/aromatic N) is 1. The molecule has 34 heavy (non-hydrogen) atoms. The van der Waals surface area contributed by atoms with Crippen molar-refractivity contribution in [2.24, 2.45) is 7.05 Å². The maximum Gasteiger partial charge on any atom is 0.343 e. The lowest BCUT2D eigenvalue weighted by Crippen LogP contribution is -2.09. The van der Waals surface area contributed by atoms with Gasteiger partial charge in [-0.05, 0) is 36.4 Å². The molecule has 0 radical (unpaired) electrons. The van der Waals surface area contributed by atoms with Gasteiger partial charge < -0.3 is 23.5 Å². The van der Waals surface area contributed by atoms with Gasteiger partial charge in [0.1, 0.15) is 23.0 Å². The van der Waals surface area contributed by atoms with E-state index in [-0.39, 0.29) is 22.9 Å². The number of rotatable bonds is 5. The first-order chi connectivity index (χ1) is 16.5. The molecule has 0 unspecified atom stereocenters. The molecular formula is C27H21NO6. The number of benzene rings is 3. The average molecular weight is 455 g/mol. The van der Waals surface area contributed by atoms with E-state index in [1.165, 1.54) is 20.3 Å². The van der Waals surface area contributed by atoms with Crippen LogP contribution in [0.5, 0.6) is 23.0 Å². The Labute approximate surface area is 195 Å². The minimum atomic E-state index is -0.590. The van der Waals surface area contributed by atoms with Crippen molar-refractivity contribution in [3.8, 4) is 23.0 Å². The van der Waals surface area contributed by atoms with Crippen molar-refractivity contribution < 1.29 is 28.5 Å². The number of para-hydroxylation sites is 1. The van der Waals surface area contributed by atoms with Gasteiger partial charge in [0.05, 0.1) is 25.3 Å². The first-order valence-electron chi connectivity index (χ1n) is 10.5. The minimum Gasteiger partial charge on any atom is -0.497 e. The summed E-state index contributed by atoms with van der Waals surface area (Å²) in [5.74, 6) is 0.934. The molecule has 7 nitrogen and oxygen atoms in total. The molecule has 0 N–H and O–H groups in total. The number of fused-ring (bicyclic) bond motifs is 2. The number of aryl methyl sites for hydroxylation is 1. The quantitative estimate of drug-likeness (QED) is 0.239. The highest BCUT2D eigenvalue weighted by Crippen LogP contribution is 2.36. The monoisotopic (exact) mass is 455 g/mol. The van der Waals surface area contributed by atoms with Crippen LogP contribution >= 0.6 is 0 Å². The van der Waals surface area contributed by atoms with Crippen LogP contribution in [0.2, 0.25) is 0 Å². The third-order valence-corrected chi connectivity index (χ3v) is 5.65. The topological polar surface area (TPSA) is 76.0 Å². The highest BCUT2D eigenvalue weighted by atomic mass is 16.5. The van der Waals surface area contributed by atoms with Crippen LogP contribution in [0.25, 0.3) is 17.0 Å². The van der Waals surface area contributed by atoms with E-state index < -0.39 is 5.97 Å². The molecule has 1 aliphatic rings. The van der Waals surface area contributed by atoms with Crippen LogP contribution in [0.1, 0.15) is 26.3 Å². The van der Waals surface area contributed by atoms with Crippen LogP contribution in [-0.2, 0) is 7.05 Å². The van der Waals surface area contributed by atoms with Crippen molar-refractivity contribution in [1.29, 1.82) is 0 Å². The number of ether oxygens (including phenoxy) is 4. The predicted molar refractivity (Wildman–Crippen MR) is 127 cm³/mol. The molecule has 1 aromatic heterocycles. The van der Waals surface area contributed by atoms with Crippen LogP contribution in [0.15, 0.2) is 72.6 Å². The molecule has 0 spiro atoms. The highest BCUT2D eigenvalue weighted by Gasteiger charge is 2.28. The van der Waals surface area contributed by atoms with E-state index in [0.717, 1.165) is 16.5 Å². The number of methoxy groups -OCH3 is 2. The lowest BCUT2D eigenvalue weighted by Gasteiger charge is -2.09. The second kappa shape index (κ2) is 8.44. The number of Topliss-reactive ketones (excluding diaryl/α,β-unsaturated/α-hetero) is 1. The number of hydrogen-bond donors (Lipinski definition) is 0. The molecular weight excluding hydrogens is 434 g/mol. The molecule has 5 rings (SSSR count). The van der Waals surface area contributed by atoms with Gasteiger partial charge in [-0.1, -0.05) is 18.2 Å². The molecule has 2 heterocycles. The van der Waals surface area contributed by atoms with Gasteiger partial charge in [0.25, 0.3) is 0 Å². The lowest BCUT2D eigenvalue weighted by atomic mass is 10.1. The van der Waals surface area contributed by atoms with E-state index in [4.69, 9.17) is 18.9 Å². The zero-order valence-electron chi connectivity index (χ0n) is 18.8. The van der Waals surface area contributed by atoms with Gasteiger partial charge in [-0.15, -0.1) is 0 Å². The molecule has 0 saturated heterocycles. The first-order valence-corrected chi connectivity index (χ1v) is 10.5. The van der Waals surface area contributed by atoms with Crippen molar-refractivity contribution >= 4 is 28.7 Å². The van der Waals surface area contributed by atoms with Crippen molar-refractivity contribution in [1.82, 2.24) is 4.57 Å². The number of hydrogen-bond acceptors (Lipinski definition) is 6. The maximum absolute atomic E-state index is 12.9. The summed E-state index contributed by atoms with van der Waals surface area (Å²) in [5, 5.41) is 1.02. The second-order valence-electron chi connectivity index (χ2n) is 7.80. The third kappa shape index (κ3) is 3.77. The Morgan fingerprint density at radius 2 is 1.68 bits per heavy atom. The molecule has 0 fully saturated rings. The summed E-state index contributed by atoms with van der Waals surface area (Å²) in [6, 6.07) is 17.4. The SMILES string of the molecule is COc1cc(OC)cc(C(=O)Oc2ccc3c(c2)OC(=Cc2cn(C)c4ccccc24)C3=O)c1. The van der Waals surface area contributed by atoms with E-state index in [2.05, 4.69) is 0 Å². The molecule has 1 aliphatic heterocycles. The minimum absolute atomic E-state index is 0.215. The summed E-state index contributed by atoms with van der Waals surface area (Å²) in [6.07, 6.45) is 3.69. The summed E-state index contributed by atoms with van der Waals surface area (Å²) >= 11 is 0. The van der Waals surface area contributed by atoms with E-state index in [1.807, 2.05) is 42.1 Å². The molecule has 0 bridgehead atoms. The predicted octanol–water partition coefficient (Wildman–Crippen LogP) is 5.03. The zero-order valence-corrected chi connectivity index (χ0v) is 18.8. The molecule has 0 amide bonds. The number of carbonyl (C=O) groups is 2. The number of ketones is 1. The Bertz CT molecular complexity index is 1460. The van der Waals surface area contributed by atoms with Crippen LogP contribution in [0.3, 0.4) is 0 Å². The van der Waals surface area contributed by atoms with Crippen LogP contribution in [0.4, 0.5) is 0 Å². The number of carbonyl (C=O) groups excluding carboxylic acids is 2. The molecule has 0 saturated carbocycles. The lowest BCUT2D eigenvalue weighted by molar-refractivity contribution is 0.0733. The van der Waals surface area contributed by atoms with E-state index in [0.29, 0.717) is 22.8 Å². The van der Waals surface area contributed by atoms with Gasteiger partial charge >= 0.3 is 5.97 Å². The largest absolute Gasteiger partial charge is 0.497 e.